The third kappa shape index (κ3) is 7.32. The molecule has 0 bridgehead atoms. The Morgan fingerprint density at radius 3 is 2.80 bits per heavy atom. The van der Waals surface area contributed by atoms with Gasteiger partial charge in [0, 0.05) is 20.0 Å². The fourth-order valence-electron chi connectivity index (χ4n) is 2.36. The van der Waals surface area contributed by atoms with Crippen LogP contribution in [0.2, 0.25) is 0 Å². The van der Waals surface area contributed by atoms with Crippen molar-refractivity contribution in [3.05, 3.63) is 35.7 Å². The minimum atomic E-state index is 0. The minimum Gasteiger partial charge on any atom is -0.494 e. The molecule has 0 saturated carbocycles. The number of aromatic nitrogens is 2. The molecule has 2 aromatic rings. The highest BCUT2D eigenvalue weighted by atomic mass is 35.5. The molecule has 6 nitrogen and oxygen atoms in total. The minimum absolute atomic E-state index is 0. The number of benzene rings is 1. The third-order valence-electron chi connectivity index (χ3n) is 3.84. The molecule has 2 N–H and O–H groups in total. The Balaban J connectivity index is 0.00000312. The van der Waals surface area contributed by atoms with E-state index in [2.05, 4.69) is 29.3 Å². The zero-order valence-electron chi connectivity index (χ0n) is 15.1. The molecular formula is C18H29ClN4O2. The van der Waals surface area contributed by atoms with Crippen molar-refractivity contribution >= 4 is 18.4 Å². The summed E-state index contributed by atoms with van der Waals surface area (Å²) in [6.45, 7) is 4.30. The molecule has 1 aromatic carbocycles. The summed E-state index contributed by atoms with van der Waals surface area (Å²) in [6, 6.07) is 8.79. The van der Waals surface area contributed by atoms with Gasteiger partial charge >= 0.3 is 6.01 Å². The number of unbranched alkanes of at least 4 members (excludes halogenated alkanes) is 1. The molecule has 140 valence electrons. The molecule has 0 unspecified atom stereocenters. The largest absolute Gasteiger partial charge is 0.494 e. The van der Waals surface area contributed by atoms with Gasteiger partial charge in [-0.25, -0.2) is 0 Å². The molecule has 7 heteroatoms. The second kappa shape index (κ2) is 11.7. The lowest BCUT2D eigenvalue weighted by Gasteiger charge is -2.14. The number of ether oxygens (including phenoxy) is 1. The molecule has 0 spiro atoms. The van der Waals surface area contributed by atoms with Gasteiger partial charge < -0.3 is 19.8 Å². The highest BCUT2D eigenvalue weighted by molar-refractivity contribution is 5.85. The van der Waals surface area contributed by atoms with Gasteiger partial charge in [-0.3, -0.25) is 0 Å². The molecular weight excluding hydrogens is 340 g/mol. The monoisotopic (exact) mass is 368 g/mol. The maximum Gasteiger partial charge on any atom is 0.317 e. The summed E-state index contributed by atoms with van der Waals surface area (Å²) in [6.07, 6.45) is 4.65. The van der Waals surface area contributed by atoms with Crippen molar-refractivity contribution in [2.75, 3.05) is 31.6 Å². The number of hydrogen-bond acceptors (Lipinski definition) is 6. The molecule has 0 aliphatic rings. The molecule has 25 heavy (non-hydrogen) atoms. The molecule has 1 heterocycles. The Hall–Kier alpha value is -1.79. The van der Waals surface area contributed by atoms with Gasteiger partial charge in [0.15, 0.2) is 0 Å². The Morgan fingerprint density at radius 2 is 2.04 bits per heavy atom. The van der Waals surface area contributed by atoms with Crippen LogP contribution in [0.25, 0.3) is 0 Å². The quantitative estimate of drug-likeness (QED) is 0.613. The van der Waals surface area contributed by atoms with E-state index in [4.69, 9.17) is 14.9 Å². The number of aryl methyl sites for hydroxylation is 2. The number of rotatable bonds is 11. The van der Waals surface area contributed by atoms with Gasteiger partial charge in [0.25, 0.3) is 0 Å². The molecule has 0 aliphatic carbocycles. The van der Waals surface area contributed by atoms with Crippen LogP contribution in [0.5, 0.6) is 5.75 Å². The number of anilines is 1. The number of nitrogens with two attached hydrogens (primary N) is 1. The van der Waals surface area contributed by atoms with Crippen molar-refractivity contribution in [2.45, 2.75) is 39.0 Å². The average Bonchev–Trinajstić information content (AvgIpc) is 3.08. The van der Waals surface area contributed by atoms with Crippen LogP contribution < -0.4 is 15.4 Å². The fraction of sp³-hybridized carbons (Fsp3) is 0.556. The summed E-state index contributed by atoms with van der Waals surface area (Å²) in [5.74, 6) is 1.61. The van der Waals surface area contributed by atoms with Crippen LogP contribution in [0.15, 0.2) is 28.7 Å². The second-order valence-electron chi connectivity index (χ2n) is 5.85. The van der Waals surface area contributed by atoms with E-state index in [1.54, 1.807) is 0 Å². The van der Waals surface area contributed by atoms with Gasteiger partial charge in [-0.05, 0) is 49.9 Å². The van der Waals surface area contributed by atoms with Crippen LogP contribution in [0, 0.1) is 0 Å². The number of hydrogen-bond donors (Lipinski definition) is 1. The first-order chi connectivity index (χ1) is 11.7. The van der Waals surface area contributed by atoms with E-state index in [-0.39, 0.29) is 12.4 Å². The summed E-state index contributed by atoms with van der Waals surface area (Å²) < 4.78 is 11.5. The predicted octanol–water partition coefficient (Wildman–Crippen LogP) is 3.24. The zero-order valence-corrected chi connectivity index (χ0v) is 15.9. The summed E-state index contributed by atoms with van der Waals surface area (Å²) in [4.78, 5) is 1.96. The molecule has 0 atom stereocenters. The van der Waals surface area contributed by atoms with Gasteiger partial charge in [0.1, 0.15) is 5.75 Å². The SMILES string of the molecule is CCc1cccc(OCCCN(C)c2nnc(CCCCN)o2)c1.Cl. The Bertz CT molecular complexity index is 606. The van der Waals surface area contributed by atoms with E-state index < -0.39 is 0 Å². The Kier molecular flexibility index (Phi) is 9.96. The third-order valence-corrected chi connectivity index (χ3v) is 3.84. The number of nitrogens with zero attached hydrogens (tertiary/aromatic N) is 3. The smallest absolute Gasteiger partial charge is 0.317 e. The van der Waals surface area contributed by atoms with E-state index >= 15 is 0 Å². The van der Waals surface area contributed by atoms with Crippen molar-refractivity contribution < 1.29 is 9.15 Å². The normalized spacial score (nSPS) is 10.4. The zero-order chi connectivity index (χ0) is 17.2. The molecule has 1 aromatic heterocycles. The topological polar surface area (TPSA) is 77.4 Å². The lowest BCUT2D eigenvalue weighted by molar-refractivity contribution is 0.311. The lowest BCUT2D eigenvalue weighted by atomic mass is 10.2. The van der Waals surface area contributed by atoms with Crippen molar-refractivity contribution in [1.82, 2.24) is 10.2 Å². The summed E-state index contributed by atoms with van der Waals surface area (Å²) in [5, 5.41) is 8.17. The molecule has 0 amide bonds. The Morgan fingerprint density at radius 1 is 1.20 bits per heavy atom. The van der Waals surface area contributed by atoms with Crippen molar-refractivity contribution in [3.63, 3.8) is 0 Å². The summed E-state index contributed by atoms with van der Waals surface area (Å²) in [7, 11) is 1.95. The van der Waals surface area contributed by atoms with Gasteiger partial charge in [0.2, 0.25) is 5.89 Å². The maximum absolute atomic E-state index is 5.80. The van der Waals surface area contributed by atoms with Crippen molar-refractivity contribution in [2.24, 2.45) is 5.73 Å². The van der Waals surface area contributed by atoms with Gasteiger partial charge in [0.05, 0.1) is 6.61 Å². The van der Waals surface area contributed by atoms with E-state index in [1.807, 2.05) is 24.1 Å². The molecule has 0 saturated heterocycles. The first kappa shape index (κ1) is 21.3. The lowest BCUT2D eigenvalue weighted by Crippen LogP contribution is -2.20. The first-order valence-electron chi connectivity index (χ1n) is 8.68. The molecule has 2 rings (SSSR count). The maximum atomic E-state index is 5.80. The highest BCUT2D eigenvalue weighted by Gasteiger charge is 2.10. The van der Waals surface area contributed by atoms with E-state index in [9.17, 15) is 0 Å². The van der Waals surface area contributed by atoms with E-state index in [0.29, 0.717) is 25.1 Å². The predicted molar refractivity (Wildman–Crippen MR) is 103 cm³/mol. The molecule has 0 aliphatic heterocycles. The van der Waals surface area contributed by atoms with Gasteiger partial charge in [-0.2, -0.15) is 0 Å². The van der Waals surface area contributed by atoms with Crippen LogP contribution in [-0.4, -0.2) is 36.9 Å². The molecule has 0 radical (unpaired) electrons. The van der Waals surface area contributed by atoms with Crippen molar-refractivity contribution in [3.8, 4) is 5.75 Å². The number of halogens is 1. The van der Waals surface area contributed by atoms with E-state index in [1.165, 1.54) is 5.56 Å². The first-order valence-corrected chi connectivity index (χ1v) is 8.68. The van der Waals surface area contributed by atoms with Crippen LogP contribution in [0.1, 0.15) is 37.6 Å². The highest BCUT2D eigenvalue weighted by Crippen LogP contribution is 2.15. The van der Waals surface area contributed by atoms with Crippen molar-refractivity contribution in [1.29, 1.82) is 0 Å². The molecule has 0 fully saturated rings. The van der Waals surface area contributed by atoms with Crippen LogP contribution in [-0.2, 0) is 12.8 Å². The van der Waals surface area contributed by atoms with Crippen LogP contribution in [0.3, 0.4) is 0 Å². The van der Waals surface area contributed by atoms with Gasteiger partial charge in [-0.1, -0.05) is 24.2 Å². The van der Waals surface area contributed by atoms with Crippen LogP contribution >= 0.6 is 12.4 Å². The average molecular weight is 369 g/mol. The van der Waals surface area contributed by atoms with Crippen LogP contribution in [0.4, 0.5) is 6.01 Å². The van der Waals surface area contributed by atoms with Gasteiger partial charge in [-0.15, -0.1) is 17.5 Å². The summed E-state index contributed by atoms with van der Waals surface area (Å²) >= 11 is 0. The Labute approximate surface area is 156 Å². The van der Waals surface area contributed by atoms with E-state index in [0.717, 1.165) is 44.4 Å². The second-order valence-corrected chi connectivity index (χ2v) is 5.85. The standard InChI is InChI=1S/C18H28N4O2.ClH/c1-3-15-8-6-9-16(14-15)23-13-7-12-22(2)18-21-20-17(24-18)10-4-5-11-19;/h6,8-9,14H,3-5,7,10-13,19H2,1-2H3;1H. The fourth-order valence-corrected chi connectivity index (χ4v) is 2.36. The summed E-state index contributed by atoms with van der Waals surface area (Å²) in [5.41, 5.74) is 6.78.